The zero-order valence-electron chi connectivity index (χ0n) is 10.4. The van der Waals surface area contributed by atoms with Gasteiger partial charge in [0.2, 0.25) is 0 Å². The topological polar surface area (TPSA) is 0 Å². The van der Waals surface area contributed by atoms with E-state index in [0.29, 0.717) is 0 Å². The Morgan fingerprint density at radius 2 is 1.32 bits per heavy atom. The van der Waals surface area contributed by atoms with Gasteiger partial charge in [0.1, 0.15) is 0 Å². The Morgan fingerprint density at radius 1 is 0.526 bits per heavy atom. The zero-order valence-corrected chi connectivity index (χ0v) is 11.6. The summed E-state index contributed by atoms with van der Waals surface area (Å²) >= 11 is 0. The minimum Gasteiger partial charge on any atom is -0.106 e. The molecule has 0 aliphatic heterocycles. The first-order chi connectivity index (χ1) is 9.31. The highest BCUT2D eigenvalue weighted by atomic mass is 31.0. The van der Waals surface area contributed by atoms with E-state index >= 15 is 0 Å². The van der Waals surface area contributed by atoms with E-state index in [2.05, 4.69) is 76.0 Å². The van der Waals surface area contributed by atoms with Crippen LogP contribution in [0.15, 0.2) is 66.7 Å². The predicted octanol–water partition coefficient (Wildman–Crippen LogP) is 4.65. The molecule has 4 aromatic carbocycles. The molecule has 0 aliphatic rings. The Labute approximate surface area is 114 Å². The molecule has 0 nitrogen and oxygen atoms in total. The van der Waals surface area contributed by atoms with Crippen LogP contribution in [0.4, 0.5) is 0 Å². The lowest BCUT2D eigenvalue weighted by atomic mass is 9.98. The molecule has 90 valence electrons. The van der Waals surface area contributed by atoms with Gasteiger partial charge in [0.25, 0.3) is 0 Å². The summed E-state index contributed by atoms with van der Waals surface area (Å²) in [5.41, 5.74) is 0. The van der Waals surface area contributed by atoms with E-state index in [0.717, 1.165) is 0 Å². The smallest absolute Gasteiger partial charge is 0.00990 e. The van der Waals surface area contributed by atoms with Crippen LogP contribution in [-0.2, 0) is 0 Å². The van der Waals surface area contributed by atoms with Gasteiger partial charge in [-0.2, -0.15) is 0 Å². The second-order valence-electron chi connectivity index (χ2n) is 4.97. The van der Waals surface area contributed by atoms with Gasteiger partial charge in [0, 0.05) is 0 Å². The summed E-state index contributed by atoms with van der Waals surface area (Å²) in [6.07, 6.45) is 0. The van der Waals surface area contributed by atoms with Gasteiger partial charge in [-0.3, -0.25) is 0 Å². The van der Waals surface area contributed by atoms with E-state index in [4.69, 9.17) is 0 Å². The fourth-order valence-electron chi connectivity index (χ4n) is 2.77. The van der Waals surface area contributed by atoms with E-state index in [1.165, 1.54) is 37.6 Å². The average Bonchev–Trinajstić information content (AvgIpc) is 2.45. The second kappa shape index (κ2) is 4.05. The molecule has 19 heavy (non-hydrogen) atoms. The molecular weight excluding hydrogens is 247 g/mol. The summed E-state index contributed by atoms with van der Waals surface area (Å²) in [4.78, 5) is 0. The Bertz CT molecular complexity index is 922. The molecule has 0 heterocycles. The summed E-state index contributed by atoms with van der Waals surface area (Å²) < 4.78 is 0. The normalized spacial score (nSPS) is 11.4. The van der Waals surface area contributed by atoms with Crippen molar-refractivity contribution in [1.29, 1.82) is 0 Å². The van der Waals surface area contributed by atoms with Crippen LogP contribution in [0.3, 0.4) is 0 Å². The summed E-state index contributed by atoms with van der Waals surface area (Å²) in [7, 11) is 2.77. The van der Waals surface area contributed by atoms with Gasteiger partial charge in [-0.15, -0.1) is 9.24 Å². The maximum absolute atomic E-state index is 2.77. The molecule has 0 saturated carbocycles. The van der Waals surface area contributed by atoms with Crippen molar-refractivity contribution < 1.29 is 0 Å². The van der Waals surface area contributed by atoms with Crippen LogP contribution >= 0.6 is 9.24 Å². The first-order valence-corrected chi connectivity index (χ1v) is 7.00. The highest BCUT2D eigenvalue weighted by Crippen LogP contribution is 2.29. The lowest BCUT2D eigenvalue weighted by molar-refractivity contribution is 1.79. The molecule has 0 spiro atoms. The van der Waals surface area contributed by atoms with Gasteiger partial charge in [-0.05, 0) is 55.8 Å². The second-order valence-corrected chi connectivity index (χ2v) is 5.63. The Morgan fingerprint density at radius 3 is 2.26 bits per heavy atom. The lowest BCUT2D eigenvalue weighted by Crippen LogP contribution is -1.88. The molecule has 1 heteroatoms. The third kappa shape index (κ3) is 1.72. The third-order valence-corrected chi connectivity index (χ3v) is 4.09. The van der Waals surface area contributed by atoms with E-state index in [9.17, 15) is 0 Å². The highest BCUT2D eigenvalue weighted by molar-refractivity contribution is 7.27. The molecule has 4 aromatic rings. The summed E-state index contributed by atoms with van der Waals surface area (Å²) in [6, 6.07) is 24.1. The molecule has 0 fully saturated rings. The van der Waals surface area contributed by atoms with Crippen molar-refractivity contribution >= 4 is 46.9 Å². The van der Waals surface area contributed by atoms with Gasteiger partial charge in [0.05, 0.1) is 0 Å². The first-order valence-electron chi connectivity index (χ1n) is 6.42. The van der Waals surface area contributed by atoms with Crippen LogP contribution in [-0.4, -0.2) is 0 Å². The van der Waals surface area contributed by atoms with E-state index in [1.54, 1.807) is 0 Å². The Hall–Kier alpha value is -1.91. The molecule has 0 radical (unpaired) electrons. The van der Waals surface area contributed by atoms with E-state index in [1.807, 2.05) is 0 Å². The van der Waals surface area contributed by atoms with Crippen molar-refractivity contribution in [3.8, 4) is 0 Å². The molecule has 1 unspecified atom stereocenters. The molecule has 0 bridgehead atoms. The van der Waals surface area contributed by atoms with Crippen LogP contribution in [0.5, 0.6) is 0 Å². The molecular formula is C18H13P. The Balaban J connectivity index is 2.23. The van der Waals surface area contributed by atoms with Crippen molar-refractivity contribution in [3.05, 3.63) is 66.7 Å². The average molecular weight is 260 g/mol. The largest absolute Gasteiger partial charge is 0.106 e. The minimum atomic E-state index is 1.23. The van der Waals surface area contributed by atoms with Crippen LogP contribution in [0.1, 0.15) is 0 Å². The van der Waals surface area contributed by atoms with Crippen molar-refractivity contribution in [2.24, 2.45) is 0 Å². The van der Waals surface area contributed by atoms with Gasteiger partial charge < -0.3 is 0 Å². The molecule has 0 aromatic heterocycles. The summed E-state index contributed by atoms with van der Waals surface area (Å²) in [6.45, 7) is 0. The van der Waals surface area contributed by atoms with Gasteiger partial charge in [-0.25, -0.2) is 0 Å². The lowest BCUT2D eigenvalue weighted by Gasteiger charge is -2.07. The number of hydrogen-bond donors (Lipinski definition) is 0. The van der Waals surface area contributed by atoms with Crippen molar-refractivity contribution in [3.63, 3.8) is 0 Å². The number of benzene rings is 4. The molecule has 4 rings (SSSR count). The maximum Gasteiger partial charge on any atom is -0.00990 e. The molecule has 0 amide bonds. The SMILES string of the molecule is Pc1ccc2cc3ccc4ccccc4c3cc2c1. The van der Waals surface area contributed by atoms with Crippen LogP contribution < -0.4 is 5.30 Å². The molecule has 0 aliphatic carbocycles. The monoisotopic (exact) mass is 260 g/mol. The molecule has 0 N–H and O–H groups in total. The minimum absolute atomic E-state index is 1.23. The van der Waals surface area contributed by atoms with E-state index < -0.39 is 0 Å². The first kappa shape index (κ1) is 11.0. The number of fused-ring (bicyclic) bond motifs is 4. The van der Waals surface area contributed by atoms with Crippen LogP contribution in [0.2, 0.25) is 0 Å². The quantitative estimate of drug-likeness (QED) is 0.245. The zero-order chi connectivity index (χ0) is 12.8. The Kier molecular flexibility index (Phi) is 2.33. The van der Waals surface area contributed by atoms with Gasteiger partial charge in [-0.1, -0.05) is 48.5 Å². The van der Waals surface area contributed by atoms with Crippen molar-refractivity contribution in [2.45, 2.75) is 0 Å². The fraction of sp³-hybridized carbons (Fsp3) is 0. The van der Waals surface area contributed by atoms with Crippen LogP contribution in [0.25, 0.3) is 32.3 Å². The van der Waals surface area contributed by atoms with Crippen molar-refractivity contribution in [2.75, 3.05) is 0 Å². The van der Waals surface area contributed by atoms with E-state index in [-0.39, 0.29) is 0 Å². The third-order valence-electron chi connectivity index (χ3n) is 3.73. The van der Waals surface area contributed by atoms with Crippen LogP contribution in [0, 0.1) is 0 Å². The van der Waals surface area contributed by atoms with Gasteiger partial charge >= 0.3 is 0 Å². The number of hydrogen-bond acceptors (Lipinski definition) is 0. The van der Waals surface area contributed by atoms with Gasteiger partial charge in [0.15, 0.2) is 0 Å². The maximum atomic E-state index is 2.77. The summed E-state index contributed by atoms with van der Waals surface area (Å²) in [5.74, 6) is 0. The standard InChI is InChI=1S/C18H13P/c19-16-8-7-13-9-14-6-5-12-3-1-2-4-17(12)18(14)11-15(13)10-16/h1-11H,19H2. The van der Waals surface area contributed by atoms with Crippen molar-refractivity contribution in [1.82, 2.24) is 0 Å². The summed E-state index contributed by atoms with van der Waals surface area (Å²) in [5, 5.41) is 9.11. The molecule has 1 atom stereocenters. The highest BCUT2D eigenvalue weighted by Gasteiger charge is 2.02. The fourth-order valence-corrected chi connectivity index (χ4v) is 3.05. The predicted molar refractivity (Wildman–Crippen MR) is 88.3 cm³/mol. The molecule has 0 saturated heterocycles. The number of rotatable bonds is 0.